The number of methoxy groups -OCH3 is 1. The van der Waals surface area contributed by atoms with Crippen LogP contribution in [0.15, 0.2) is 48.2 Å². The highest BCUT2D eigenvalue weighted by Gasteiger charge is 2.42. The number of nitro groups is 1. The standard InChI is InChI=1S/C22H23N3O5/c1-22(2)10-15-19(17(26)11-22)20(24-14-7-5-4-6-13(14)23-15)12-8-16(25(28)29)21(27)18(9-12)30-3/h4-10,19-20,23-24,27H,11H2,1-3H3/p-1. The zero-order valence-corrected chi connectivity index (χ0v) is 16.9. The summed E-state index contributed by atoms with van der Waals surface area (Å²) in [5, 5.41) is 30.5. The molecule has 1 aliphatic heterocycles. The number of fused-ring (bicyclic) bond motifs is 2. The first-order valence-electron chi connectivity index (χ1n) is 9.61. The smallest absolute Gasteiger partial charge is 0.265 e. The van der Waals surface area contributed by atoms with E-state index < -0.39 is 28.3 Å². The lowest BCUT2D eigenvalue weighted by Gasteiger charge is -2.35. The molecule has 0 spiro atoms. The molecule has 1 heterocycles. The van der Waals surface area contributed by atoms with Crippen LogP contribution in [0.1, 0.15) is 31.9 Å². The van der Waals surface area contributed by atoms with E-state index in [-0.39, 0.29) is 16.9 Å². The number of carbonyl (C=O) groups excluding carboxylic acids is 1. The van der Waals surface area contributed by atoms with Crippen molar-refractivity contribution in [2.45, 2.75) is 26.3 Å². The molecule has 8 nitrogen and oxygen atoms in total. The van der Waals surface area contributed by atoms with Crippen molar-refractivity contribution < 1.29 is 19.6 Å². The number of nitrogens with zero attached hydrogens (tertiary/aromatic N) is 1. The minimum atomic E-state index is -0.787. The number of hydrogen-bond acceptors (Lipinski definition) is 7. The van der Waals surface area contributed by atoms with E-state index in [0.29, 0.717) is 12.0 Å². The summed E-state index contributed by atoms with van der Waals surface area (Å²) in [6, 6.07) is 9.63. The molecule has 30 heavy (non-hydrogen) atoms. The Balaban J connectivity index is 1.93. The van der Waals surface area contributed by atoms with Crippen LogP contribution in [0, 0.1) is 21.4 Å². The van der Waals surface area contributed by atoms with Crippen LogP contribution in [0.3, 0.4) is 0 Å². The summed E-state index contributed by atoms with van der Waals surface area (Å²) >= 11 is 0. The fourth-order valence-electron chi connectivity index (χ4n) is 4.25. The Hall–Kier alpha value is -3.55. The van der Waals surface area contributed by atoms with Crippen LogP contribution in [0.5, 0.6) is 11.5 Å². The number of nitro benzene ring substituents is 1. The Bertz CT molecular complexity index is 1080. The second kappa shape index (κ2) is 7.05. The molecule has 2 aromatic carbocycles. The summed E-state index contributed by atoms with van der Waals surface area (Å²) in [4.78, 5) is 24.0. The SMILES string of the molecule is COc1cc(C2Nc3ccccc3NC3=CC(C)(C)CC(=O)C32)cc([N+](=O)[O-])c1[O-]. The molecule has 0 saturated heterocycles. The highest BCUT2D eigenvalue weighted by molar-refractivity contribution is 5.90. The van der Waals surface area contributed by atoms with Gasteiger partial charge in [0.1, 0.15) is 11.5 Å². The number of para-hydroxylation sites is 2. The summed E-state index contributed by atoms with van der Waals surface area (Å²) in [5.74, 6) is -1.48. The predicted octanol–water partition coefficient (Wildman–Crippen LogP) is 3.75. The van der Waals surface area contributed by atoms with Crippen molar-refractivity contribution in [1.82, 2.24) is 0 Å². The third-order valence-corrected chi connectivity index (χ3v) is 5.54. The van der Waals surface area contributed by atoms with Crippen LogP contribution in [0.2, 0.25) is 0 Å². The van der Waals surface area contributed by atoms with Gasteiger partial charge in [-0.1, -0.05) is 32.1 Å². The first-order chi connectivity index (χ1) is 14.2. The molecule has 156 valence electrons. The monoisotopic (exact) mass is 408 g/mol. The fraction of sp³-hybridized carbons (Fsp3) is 0.318. The molecule has 2 aromatic rings. The van der Waals surface area contributed by atoms with Gasteiger partial charge in [0.25, 0.3) is 5.69 Å². The van der Waals surface area contributed by atoms with E-state index in [4.69, 9.17) is 4.74 Å². The quantitative estimate of drug-likeness (QED) is 0.587. The van der Waals surface area contributed by atoms with Crippen molar-refractivity contribution in [2.24, 2.45) is 11.3 Å². The number of ketones is 1. The summed E-state index contributed by atoms with van der Waals surface area (Å²) in [6.07, 6.45) is 2.39. The minimum absolute atomic E-state index is 0.0168. The number of ether oxygens (including phenoxy) is 1. The third kappa shape index (κ3) is 3.34. The van der Waals surface area contributed by atoms with E-state index in [9.17, 15) is 20.0 Å². The highest BCUT2D eigenvalue weighted by Crippen LogP contribution is 2.47. The molecule has 8 heteroatoms. The highest BCUT2D eigenvalue weighted by atomic mass is 16.6. The van der Waals surface area contributed by atoms with Gasteiger partial charge in [0.05, 0.1) is 35.4 Å². The summed E-state index contributed by atoms with van der Waals surface area (Å²) in [6.45, 7) is 3.99. The van der Waals surface area contributed by atoms with Crippen LogP contribution in [0.4, 0.5) is 17.1 Å². The van der Waals surface area contributed by atoms with Crippen molar-refractivity contribution in [3.05, 3.63) is 63.8 Å². The topological polar surface area (TPSA) is 117 Å². The van der Waals surface area contributed by atoms with Crippen molar-refractivity contribution >= 4 is 22.8 Å². The van der Waals surface area contributed by atoms with E-state index in [1.165, 1.54) is 19.2 Å². The van der Waals surface area contributed by atoms with Gasteiger partial charge in [-0.2, -0.15) is 0 Å². The zero-order chi connectivity index (χ0) is 21.6. The molecule has 0 amide bonds. The Kier molecular flexibility index (Phi) is 4.64. The van der Waals surface area contributed by atoms with E-state index in [1.807, 2.05) is 44.2 Å². The van der Waals surface area contributed by atoms with Gasteiger partial charge in [0, 0.05) is 23.9 Å². The van der Waals surface area contributed by atoms with Gasteiger partial charge in [-0.3, -0.25) is 14.9 Å². The number of rotatable bonds is 3. The zero-order valence-electron chi connectivity index (χ0n) is 16.9. The number of carbonyl (C=O) groups is 1. The largest absolute Gasteiger partial charge is 0.865 e. The van der Waals surface area contributed by atoms with Crippen molar-refractivity contribution in [2.75, 3.05) is 17.7 Å². The van der Waals surface area contributed by atoms with Gasteiger partial charge in [-0.25, -0.2) is 0 Å². The van der Waals surface area contributed by atoms with Crippen LogP contribution in [0.25, 0.3) is 0 Å². The molecule has 2 atom stereocenters. The molecule has 2 N–H and O–H groups in total. The predicted molar refractivity (Wildman–Crippen MR) is 111 cm³/mol. The van der Waals surface area contributed by atoms with Crippen LogP contribution >= 0.6 is 0 Å². The number of nitrogens with one attached hydrogen (secondary N) is 2. The molecule has 0 radical (unpaired) electrons. The molecule has 4 rings (SSSR count). The van der Waals surface area contributed by atoms with Crippen LogP contribution in [-0.4, -0.2) is 17.8 Å². The maximum absolute atomic E-state index is 13.2. The summed E-state index contributed by atoms with van der Waals surface area (Å²) < 4.78 is 5.10. The van der Waals surface area contributed by atoms with Crippen LogP contribution in [-0.2, 0) is 4.79 Å². The molecule has 0 fully saturated rings. The lowest BCUT2D eigenvalue weighted by atomic mass is 9.72. The maximum Gasteiger partial charge on any atom is 0.265 e. The van der Waals surface area contributed by atoms with Gasteiger partial charge >= 0.3 is 0 Å². The maximum atomic E-state index is 13.2. The molecule has 0 bridgehead atoms. The Morgan fingerprint density at radius 1 is 1.20 bits per heavy atom. The Morgan fingerprint density at radius 3 is 2.57 bits per heavy atom. The molecular weight excluding hydrogens is 386 g/mol. The molecule has 2 unspecified atom stereocenters. The lowest BCUT2D eigenvalue weighted by Crippen LogP contribution is -2.36. The number of hydrogen-bond donors (Lipinski definition) is 2. The summed E-state index contributed by atoms with van der Waals surface area (Å²) in [5.41, 5.74) is 1.86. The van der Waals surface area contributed by atoms with Gasteiger partial charge < -0.3 is 20.5 Å². The lowest BCUT2D eigenvalue weighted by molar-refractivity contribution is -0.398. The Morgan fingerprint density at radius 2 is 1.90 bits per heavy atom. The van der Waals surface area contributed by atoms with Crippen molar-refractivity contribution in [3.63, 3.8) is 0 Å². The fourth-order valence-corrected chi connectivity index (χ4v) is 4.25. The average Bonchev–Trinajstić information content (AvgIpc) is 2.83. The second-order valence-corrected chi connectivity index (χ2v) is 8.33. The van der Waals surface area contributed by atoms with Gasteiger partial charge in [0.2, 0.25) is 0 Å². The van der Waals surface area contributed by atoms with Gasteiger partial charge in [0.15, 0.2) is 0 Å². The number of anilines is 2. The van der Waals surface area contributed by atoms with Crippen molar-refractivity contribution in [3.8, 4) is 11.5 Å². The molecule has 1 aliphatic carbocycles. The minimum Gasteiger partial charge on any atom is -0.865 e. The van der Waals surface area contributed by atoms with E-state index in [1.54, 1.807) is 0 Å². The normalized spacial score (nSPS) is 21.8. The van der Waals surface area contributed by atoms with Crippen LogP contribution < -0.4 is 20.5 Å². The first-order valence-corrected chi connectivity index (χ1v) is 9.61. The first kappa shape index (κ1) is 19.8. The second-order valence-electron chi connectivity index (χ2n) is 8.33. The van der Waals surface area contributed by atoms with Crippen molar-refractivity contribution in [1.29, 1.82) is 0 Å². The average molecular weight is 408 g/mol. The number of Topliss-reactive ketones (excluding diaryl/α,β-unsaturated/α-hetero) is 1. The van der Waals surface area contributed by atoms with E-state index in [2.05, 4.69) is 10.6 Å². The third-order valence-electron chi connectivity index (χ3n) is 5.54. The van der Waals surface area contributed by atoms with E-state index >= 15 is 0 Å². The van der Waals surface area contributed by atoms with E-state index in [0.717, 1.165) is 17.1 Å². The number of allylic oxidation sites excluding steroid dienone is 1. The number of benzene rings is 2. The van der Waals surface area contributed by atoms with Gasteiger partial charge in [-0.05, 0) is 29.2 Å². The molecular formula is C22H22N3O5-. The Labute approximate surface area is 173 Å². The molecule has 0 saturated carbocycles. The van der Waals surface area contributed by atoms with Gasteiger partial charge in [-0.15, -0.1) is 0 Å². The molecule has 2 aliphatic rings. The summed E-state index contributed by atoms with van der Waals surface area (Å²) in [7, 11) is 1.29. The molecule has 0 aromatic heterocycles.